The second-order valence-electron chi connectivity index (χ2n) is 7.66. The number of hydrogen-bond acceptors (Lipinski definition) is 4. The highest BCUT2D eigenvalue weighted by Crippen LogP contribution is 2.38. The van der Waals surface area contributed by atoms with Crippen LogP contribution in [0.2, 0.25) is 0 Å². The van der Waals surface area contributed by atoms with E-state index in [9.17, 15) is 13.9 Å². The molecule has 3 N–H and O–H groups in total. The van der Waals surface area contributed by atoms with E-state index in [0.717, 1.165) is 16.7 Å². The van der Waals surface area contributed by atoms with E-state index >= 15 is 0 Å². The zero-order valence-corrected chi connectivity index (χ0v) is 18.3. The summed E-state index contributed by atoms with van der Waals surface area (Å²) in [6.45, 7) is 5.33. The predicted molar refractivity (Wildman–Crippen MR) is 118 cm³/mol. The maximum Gasteiger partial charge on any atom is 0.279 e. The van der Waals surface area contributed by atoms with Gasteiger partial charge in [0.25, 0.3) is 5.92 Å². The average Bonchev–Trinajstić information content (AvgIpc) is 2.78. The lowest BCUT2D eigenvalue weighted by molar-refractivity contribution is -0.181. The first-order valence-electron chi connectivity index (χ1n) is 10.6. The SMILES string of the molecule is CCC(=CCC(F)(F)C(O)(CC)CC)c1cccc(OCc2ccc(C(O)O)cc2)c1. The number of benzene rings is 2. The Labute approximate surface area is 182 Å². The summed E-state index contributed by atoms with van der Waals surface area (Å²) in [5.41, 5.74) is 0.819. The molecule has 0 atom stereocenters. The second-order valence-corrected chi connectivity index (χ2v) is 7.66. The quantitative estimate of drug-likeness (QED) is 0.402. The molecule has 0 spiro atoms. The summed E-state index contributed by atoms with van der Waals surface area (Å²) in [4.78, 5) is 0. The van der Waals surface area contributed by atoms with Gasteiger partial charge < -0.3 is 20.1 Å². The number of aliphatic hydroxyl groups is 3. The van der Waals surface area contributed by atoms with Crippen LogP contribution < -0.4 is 4.74 Å². The van der Waals surface area contributed by atoms with Crippen molar-refractivity contribution in [1.29, 1.82) is 0 Å². The molecule has 6 heteroatoms. The molecule has 2 aromatic rings. The number of allylic oxidation sites excluding steroid dienone is 2. The van der Waals surface area contributed by atoms with Crippen molar-refractivity contribution < 1.29 is 28.8 Å². The Kier molecular flexibility index (Phi) is 8.74. The number of hydrogen-bond donors (Lipinski definition) is 3. The van der Waals surface area contributed by atoms with Gasteiger partial charge in [0.1, 0.15) is 18.0 Å². The summed E-state index contributed by atoms with van der Waals surface area (Å²) >= 11 is 0. The Hall–Kier alpha value is -2.28. The van der Waals surface area contributed by atoms with Gasteiger partial charge in [-0.05, 0) is 48.1 Å². The highest BCUT2D eigenvalue weighted by atomic mass is 19.3. The fourth-order valence-electron chi connectivity index (χ4n) is 3.41. The number of rotatable bonds is 11. The van der Waals surface area contributed by atoms with Crippen molar-refractivity contribution in [3.8, 4) is 5.75 Å². The van der Waals surface area contributed by atoms with Gasteiger partial charge in [-0.15, -0.1) is 0 Å². The molecule has 0 aromatic heterocycles. The van der Waals surface area contributed by atoms with Crippen LogP contribution >= 0.6 is 0 Å². The van der Waals surface area contributed by atoms with Crippen molar-refractivity contribution in [2.75, 3.05) is 0 Å². The van der Waals surface area contributed by atoms with Crippen molar-refractivity contribution in [3.05, 3.63) is 71.3 Å². The molecule has 0 saturated carbocycles. The minimum Gasteiger partial charge on any atom is -0.489 e. The van der Waals surface area contributed by atoms with Crippen molar-refractivity contribution in [2.45, 2.75) is 70.9 Å². The maximum atomic E-state index is 14.6. The average molecular weight is 435 g/mol. The summed E-state index contributed by atoms with van der Waals surface area (Å²) in [6.07, 6.45) is 0.0301. The first kappa shape index (κ1) is 25.0. The van der Waals surface area contributed by atoms with Gasteiger partial charge in [-0.3, -0.25) is 0 Å². The predicted octanol–water partition coefficient (Wildman–Crippen LogP) is 5.62. The van der Waals surface area contributed by atoms with E-state index < -0.39 is 24.2 Å². The van der Waals surface area contributed by atoms with Gasteiger partial charge in [-0.1, -0.05) is 63.2 Å². The van der Waals surface area contributed by atoms with E-state index in [4.69, 9.17) is 14.9 Å². The smallest absolute Gasteiger partial charge is 0.279 e. The molecule has 0 bridgehead atoms. The molecular formula is C25H32F2O4. The van der Waals surface area contributed by atoms with Gasteiger partial charge in [0.15, 0.2) is 6.29 Å². The monoisotopic (exact) mass is 434 g/mol. The van der Waals surface area contributed by atoms with Gasteiger partial charge >= 0.3 is 0 Å². The fraction of sp³-hybridized carbons (Fsp3) is 0.440. The molecule has 31 heavy (non-hydrogen) atoms. The molecule has 0 fully saturated rings. The molecule has 0 heterocycles. The lowest BCUT2D eigenvalue weighted by atomic mass is 9.87. The minimum absolute atomic E-state index is 0.00658. The zero-order chi connectivity index (χ0) is 23.1. The Morgan fingerprint density at radius 2 is 1.68 bits per heavy atom. The molecule has 0 radical (unpaired) electrons. The van der Waals surface area contributed by atoms with Crippen molar-refractivity contribution in [2.24, 2.45) is 0 Å². The van der Waals surface area contributed by atoms with Crippen LogP contribution in [0, 0.1) is 0 Å². The van der Waals surface area contributed by atoms with Gasteiger partial charge in [0.2, 0.25) is 0 Å². The molecule has 4 nitrogen and oxygen atoms in total. The summed E-state index contributed by atoms with van der Waals surface area (Å²) in [7, 11) is 0. The van der Waals surface area contributed by atoms with Crippen LogP contribution in [-0.2, 0) is 6.61 Å². The standard InChI is InChI=1S/C25H32F2O4/c1-4-19(14-15-25(26,27)24(30,5-2)6-3)21-8-7-9-22(16-21)31-17-18-10-12-20(13-11-18)23(28)29/h7-14,16,23,28-30H,4-6,15,17H2,1-3H3. The molecule has 2 rings (SSSR count). The molecule has 0 unspecified atom stereocenters. The first-order chi connectivity index (χ1) is 14.7. The molecule has 0 amide bonds. The molecule has 0 aliphatic heterocycles. The third kappa shape index (κ3) is 6.35. The van der Waals surface area contributed by atoms with Gasteiger partial charge in [-0.25, -0.2) is 8.78 Å². The van der Waals surface area contributed by atoms with Crippen LogP contribution in [-0.4, -0.2) is 26.8 Å². The topological polar surface area (TPSA) is 69.9 Å². The minimum atomic E-state index is -3.21. The lowest BCUT2D eigenvalue weighted by Gasteiger charge is -2.34. The van der Waals surface area contributed by atoms with Crippen LogP contribution in [0.3, 0.4) is 0 Å². The van der Waals surface area contributed by atoms with Crippen molar-refractivity contribution in [1.82, 2.24) is 0 Å². The molecule has 170 valence electrons. The van der Waals surface area contributed by atoms with Gasteiger partial charge in [0.05, 0.1) is 0 Å². The molecule has 0 aliphatic carbocycles. The Morgan fingerprint density at radius 1 is 1.03 bits per heavy atom. The summed E-state index contributed by atoms with van der Waals surface area (Å²) in [6, 6.07) is 14.0. The van der Waals surface area contributed by atoms with Crippen molar-refractivity contribution >= 4 is 5.57 Å². The molecule has 0 aliphatic rings. The number of ether oxygens (including phenoxy) is 1. The Bertz CT molecular complexity index is 856. The van der Waals surface area contributed by atoms with E-state index in [1.165, 1.54) is 6.08 Å². The largest absolute Gasteiger partial charge is 0.489 e. The summed E-state index contributed by atoms with van der Waals surface area (Å²) in [5, 5.41) is 28.6. The lowest BCUT2D eigenvalue weighted by Crippen LogP contribution is -2.46. The van der Waals surface area contributed by atoms with E-state index in [1.54, 1.807) is 44.2 Å². The third-order valence-electron chi connectivity index (χ3n) is 5.72. The van der Waals surface area contributed by atoms with Crippen LogP contribution in [0.5, 0.6) is 5.75 Å². The Balaban J connectivity index is 2.11. The number of alkyl halides is 2. The summed E-state index contributed by atoms with van der Waals surface area (Å²) < 4.78 is 35.0. The second kappa shape index (κ2) is 10.8. The van der Waals surface area contributed by atoms with Crippen LogP contribution in [0.1, 0.15) is 69.4 Å². The number of aliphatic hydroxyl groups excluding tert-OH is 1. The van der Waals surface area contributed by atoms with Gasteiger partial charge in [-0.2, -0.15) is 0 Å². The molecule has 0 saturated heterocycles. The Morgan fingerprint density at radius 3 is 2.23 bits per heavy atom. The number of halogens is 2. The molecule has 2 aromatic carbocycles. The van der Waals surface area contributed by atoms with E-state index in [0.29, 0.717) is 17.7 Å². The van der Waals surface area contributed by atoms with E-state index in [2.05, 4.69) is 0 Å². The highest BCUT2D eigenvalue weighted by molar-refractivity contribution is 5.66. The third-order valence-corrected chi connectivity index (χ3v) is 5.72. The van der Waals surface area contributed by atoms with Crippen LogP contribution in [0.25, 0.3) is 5.57 Å². The fourth-order valence-corrected chi connectivity index (χ4v) is 3.41. The van der Waals surface area contributed by atoms with E-state index in [-0.39, 0.29) is 19.4 Å². The zero-order valence-electron chi connectivity index (χ0n) is 18.3. The molecular weight excluding hydrogens is 402 g/mol. The van der Waals surface area contributed by atoms with Crippen LogP contribution in [0.15, 0.2) is 54.6 Å². The van der Waals surface area contributed by atoms with Crippen LogP contribution in [0.4, 0.5) is 8.78 Å². The normalized spacial score (nSPS) is 13.0. The van der Waals surface area contributed by atoms with E-state index in [1.807, 2.05) is 25.1 Å². The maximum absolute atomic E-state index is 14.6. The highest BCUT2D eigenvalue weighted by Gasteiger charge is 2.48. The van der Waals surface area contributed by atoms with Gasteiger partial charge in [0, 0.05) is 12.0 Å². The first-order valence-corrected chi connectivity index (χ1v) is 10.6. The summed E-state index contributed by atoms with van der Waals surface area (Å²) in [5.74, 6) is -2.60. The van der Waals surface area contributed by atoms with Crippen molar-refractivity contribution in [3.63, 3.8) is 0 Å².